The summed E-state index contributed by atoms with van der Waals surface area (Å²) >= 11 is 1.66. The van der Waals surface area contributed by atoms with E-state index in [1.54, 1.807) is 18.9 Å². The molecule has 0 fully saturated rings. The molecule has 2 N–H and O–H groups in total. The maximum atomic E-state index is 13.5. The quantitative estimate of drug-likeness (QED) is 0.639. The van der Waals surface area contributed by atoms with Crippen LogP contribution in [0.4, 0.5) is 5.69 Å². The molecule has 2 aliphatic rings. The monoisotopic (exact) mass is 445 g/mol. The number of allylic oxidation sites excluding steroid dienone is 3. The summed E-state index contributed by atoms with van der Waals surface area (Å²) in [5, 5.41) is 10.1. The standard InChI is InChI=1S/C26H27N3O2S/c1-26(2)13-21-24(22(30)14-26)23(16-5-11-19(32-4)12-6-16)20(15-27)25(28)29(21)17-7-9-18(31-3)10-8-17/h5-12,23H,13-14,28H2,1-4H3. The number of methoxy groups -OCH3 is 1. The highest BCUT2D eigenvalue weighted by molar-refractivity contribution is 7.98. The minimum atomic E-state index is -0.455. The molecule has 164 valence electrons. The van der Waals surface area contributed by atoms with Crippen molar-refractivity contribution in [1.29, 1.82) is 5.26 Å². The number of hydrogen-bond acceptors (Lipinski definition) is 6. The minimum absolute atomic E-state index is 0.0777. The van der Waals surface area contributed by atoms with E-state index in [1.807, 2.05) is 59.7 Å². The first-order valence-corrected chi connectivity index (χ1v) is 11.8. The average Bonchev–Trinajstić information content (AvgIpc) is 2.78. The molecule has 0 amide bonds. The summed E-state index contributed by atoms with van der Waals surface area (Å²) in [5.74, 6) is 0.730. The third kappa shape index (κ3) is 3.78. The van der Waals surface area contributed by atoms with Crippen LogP contribution in [0.2, 0.25) is 0 Å². The first-order chi connectivity index (χ1) is 15.3. The fourth-order valence-corrected chi connectivity index (χ4v) is 5.07. The van der Waals surface area contributed by atoms with Crippen LogP contribution in [0.5, 0.6) is 5.75 Å². The van der Waals surface area contributed by atoms with Gasteiger partial charge in [-0.1, -0.05) is 26.0 Å². The second-order valence-electron chi connectivity index (χ2n) is 8.95. The normalized spacial score (nSPS) is 20.2. The lowest BCUT2D eigenvalue weighted by Crippen LogP contribution is -2.42. The third-order valence-electron chi connectivity index (χ3n) is 6.16. The van der Waals surface area contributed by atoms with Crippen molar-refractivity contribution < 1.29 is 9.53 Å². The Bertz CT molecular complexity index is 1160. The number of nitrogens with two attached hydrogens (primary N) is 1. The molecule has 1 atom stereocenters. The van der Waals surface area contributed by atoms with Gasteiger partial charge < -0.3 is 10.5 Å². The number of hydrogen-bond donors (Lipinski definition) is 1. The molecule has 0 saturated carbocycles. The van der Waals surface area contributed by atoms with Crippen molar-refractivity contribution in [3.63, 3.8) is 0 Å². The predicted molar refractivity (Wildman–Crippen MR) is 128 cm³/mol. The highest BCUT2D eigenvalue weighted by Gasteiger charge is 2.44. The molecule has 0 radical (unpaired) electrons. The van der Waals surface area contributed by atoms with Gasteiger partial charge in [0.05, 0.1) is 24.7 Å². The van der Waals surface area contributed by atoms with Crippen molar-refractivity contribution in [2.45, 2.75) is 37.5 Å². The van der Waals surface area contributed by atoms with E-state index in [2.05, 4.69) is 19.9 Å². The highest BCUT2D eigenvalue weighted by Crippen LogP contribution is 2.50. The summed E-state index contributed by atoms with van der Waals surface area (Å²) in [6.45, 7) is 4.20. The van der Waals surface area contributed by atoms with Gasteiger partial charge in [-0.3, -0.25) is 9.69 Å². The maximum Gasteiger partial charge on any atom is 0.162 e. The van der Waals surface area contributed by atoms with E-state index < -0.39 is 5.92 Å². The number of ether oxygens (including phenoxy) is 1. The Morgan fingerprint density at radius 2 is 1.78 bits per heavy atom. The molecule has 6 heteroatoms. The van der Waals surface area contributed by atoms with Gasteiger partial charge in [-0.05, 0) is 60.1 Å². The number of Topliss-reactive ketones (excluding diaryl/α,β-unsaturated/α-hetero) is 1. The number of nitriles is 1. The molecule has 1 aliphatic heterocycles. The number of nitrogens with zero attached hydrogens (tertiary/aromatic N) is 2. The molecule has 0 bridgehead atoms. The smallest absolute Gasteiger partial charge is 0.162 e. The lowest BCUT2D eigenvalue weighted by Gasteiger charge is -2.43. The Morgan fingerprint density at radius 3 is 2.34 bits per heavy atom. The maximum absolute atomic E-state index is 13.5. The van der Waals surface area contributed by atoms with E-state index in [9.17, 15) is 10.1 Å². The Morgan fingerprint density at radius 1 is 1.12 bits per heavy atom. The van der Waals surface area contributed by atoms with Gasteiger partial charge >= 0.3 is 0 Å². The van der Waals surface area contributed by atoms with Gasteiger partial charge in [0.25, 0.3) is 0 Å². The van der Waals surface area contributed by atoms with Crippen LogP contribution >= 0.6 is 11.8 Å². The van der Waals surface area contributed by atoms with E-state index in [1.165, 1.54) is 0 Å². The van der Waals surface area contributed by atoms with E-state index in [0.29, 0.717) is 29.8 Å². The van der Waals surface area contributed by atoms with Gasteiger partial charge in [-0.2, -0.15) is 5.26 Å². The van der Waals surface area contributed by atoms with Crippen molar-refractivity contribution in [2.75, 3.05) is 18.3 Å². The topological polar surface area (TPSA) is 79.3 Å². The minimum Gasteiger partial charge on any atom is -0.497 e. The molecule has 2 aromatic carbocycles. The zero-order chi connectivity index (χ0) is 23.0. The summed E-state index contributed by atoms with van der Waals surface area (Å²) in [4.78, 5) is 16.5. The molecule has 0 saturated heterocycles. The summed E-state index contributed by atoms with van der Waals surface area (Å²) in [6, 6.07) is 17.9. The van der Waals surface area contributed by atoms with Crippen molar-refractivity contribution in [2.24, 2.45) is 11.1 Å². The zero-order valence-corrected chi connectivity index (χ0v) is 19.6. The number of carbonyl (C=O) groups is 1. The van der Waals surface area contributed by atoms with E-state index in [4.69, 9.17) is 10.5 Å². The zero-order valence-electron chi connectivity index (χ0n) is 18.8. The fraction of sp³-hybridized carbons (Fsp3) is 0.308. The molecule has 0 spiro atoms. The van der Waals surface area contributed by atoms with Gasteiger partial charge in [0.1, 0.15) is 11.6 Å². The molecule has 4 rings (SSSR count). The largest absolute Gasteiger partial charge is 0.497 e. The van der Waals surface area contributed by atoms with Crippen LogP contribution in [0.15, 0.2) is 76.1 Å². The van der Waals surface area contributed by atoms with Crippen LogP contribution < -0.4 is 15.4 Å². The van der Waals surface area contributed by atoms with Gasteiger partial charge in [0.15, 0.2) is 5.78 Å². The van der Waals surface area contributed by atoms with Crippen molar-refractivity contribution >= 4 is 23.2 Å². The number of benzene rings is 2. The number of anilines is 1. The van der Waals surface area contributed by atoms with Gasteiger partial charge in [0, 0.05) is 28.3 Å². The Kier molecular flexibility index (Phi) is 5.79. The van der Waals surface area contributed by atoms with E-state index >= 15 is 0 Å². The van der Waals surface area contributed by atoms with Crippen LogP contribution in [0.1, 0.15) is 38.2 Å². The SMILES string of the molecule is COc1ccc(N2C(N)=C(C#N)C(c3ccc(SC)cc3)C3=C2CC(C)(C)CC3=O)cc1. The molecule has 1 heterocycles. The van der Waals surface area contributed by atoms with E-state index in [-0.39, 0.29) is 11.2 Å². The number of carbonyl (C=O) groups excluding carboxylic acids is 1. The predicted octanol–water partition coefficient (Wildman–Crippen LogP) is 5.36. The summed E-state index contributed by atoms with van der Waals surface area (Å²) in [7, 11) is 1.62. The second kappa shape index (κ2) is 8.40. The molecule has 32 heavy (non-hydrogen) atoms. The highest BCUT2D eigenvalue weighted by atomic mass is 32.2. The average molecular weight is 446 g/mol. The number of thioether (sulfide) groups is 1. The first-order valence-electron chi connectivity index (χ1n) is 10.5. The first kappa shape index (κ1) is 22.0. The van der Waals surface area contributed by atoms with Crippen LogP contribution in [0, 0.1) is 16.7 Å². The molecule has 0 aromatic heterocycles. The van der Waals surface area contributed by atoms with Gasteiger partial charge in [-0.25, -0.2) is 0 Å². The van der Waals surface area contributed by atoms with Crippen LogP contribution in [-0.2, 0) is 4.79 Å². The van der Waals surface area contributed by atoms with Crippen molar-refractivity contribution in [3.05, 3.63) is 76.8 Å². The van der Waals surface area contributed by atoms with Gasteiger partial charge in [0.2, 0.25) is 0 Å². The summed E-state index contributed by atoms with van der Waals surface area (Å²) < 4.78 is 5.29. The lowest BCUT2D eigenvalue weighted by atomic mass is 9.68. The fourth-order valence-electron chi connectivity index (χ4n) is 4.66. The molecular weight excluding hydrogens is 418 g/mol. The molecule has 1 unspecified atom stereocenters. The molecule has 1 aliphatic carbocycles. The number of rotatable bonds is 4. The van der Waals surface area contributed by atoms with Crippen molar-refractivity contribution in [3.8, 4) is 11.8 Å². The number of ketones is 1. The van der Waals surface area contributed by atoms with Crippen LogP contribution in [0.3, 0.4) is 0 Å². The Balaban J connectivity index is 1.94. The van der Waals surface area contributed by atoms with Crippen molar-refractivity contribution in [1.82, 2.24) is 0 Å². The van der Waals surface area contributed by atoms with Crippen LogP contribution in [-0.4, -0.2) is 19.1 Å². The molecular formula is C26H27N3O2S. The molecule has 2 aromatic rings. The second-order valence-corrected chi connectivity index (χ2v) is 9.83. The van der Waals surface area contributed by atoms with Gasteiger partial charge in [-0.15, -0.1) is 11.8 Å². The van der Waals surface area contributed by atoms with Crippen LogP contribution in [0.25, 0.3) is 0 Å². The lowest BCUT2D eigenvalue weighted by molar-refractivity contribution is -0.118. The summed E-state index contributed by atoms with van der Waals surface area (Å²) in [6.07, 6.45) is 3.16. The Hall–Kier alpha value is -3.17. The summed E-state index contributed by atoms with van der Waals surface area (Å²) in [5.41, 5.74) is 10.2. The molecule has 5 nitrogen and oxygen atoms in total. The third-order valence-corrected chi connectivity index (χ3v) is 6.90. The van der Waals surface area contributed by atoms with E-state index in [0.717, 1.165) is 27.6 Å². The Labute approximate surface area is 193 Å².